The van der Waals surface area contributed by atoms with E-state index in [-0.39, 0.29) is 0 Å². The first-order valence-electron chi connectivity index (χ1n) is 7.99. The molecule has 0 bridgehead atoms. The van der Waals surface area contributed by atoms with E-state index in [1.54, 1.807) is 18.9 Å². The van der Waals surface area contributed by atoms with Gasteiger partial charge in [-0.15, -0.1) is 10.2 Å². The summed E-state index contributed by atoms with van der Waals surface area (Å²) in [6.45, 7) is 0. The van der Waals surface area contributed by atoms with Crippen molar-refractivity contribution in [3.05, 3.63) is 60.2 Å². The minimum atomic E-state index is 0.814. The minimum Gasteiger partial charge on any atom is -0.496 e. The van der Waals surface area contributed by atoms with Crippen LogP contribution in [0.5, 0.6) is 5.75 Å². The minimum absolute atomic E-state index is 0.814. The Balaban J connectivity index is 1.63. The van der Waals surface area contributed by atoms with Crippen LogP contribution in [0.3, 0.4) is 0 Å². The highest BCUT2D eigenvalue weighted by Crippen LogP contribution is 2.30. The maximum atomic E-state index is 5.42. The van der Waals surface area contributed by atoms with E-state index in [0.29, 0.717) is 0 Å². The molecule has 0 spiro atoms. The second-order valence-electron chi connectivity index (χ2n) is 5.50. The molecule has 4 nitrogen and oxygen atoms in total. The fraction of sp³-hybridized carbons (Fsp3) is 0.263. The number of methoxy groups -OCH3 is 1. The summed E-state index contributed by atoms with van der Waals surface area (Å²) in [6, 6.07) is 18.5. The fourth-order valence-electron chi connectivity index (χ4n) is 2.59. The Bertz CT molecular complexity index is 786. The van der Waals surface area contributed by atoms with Crippen LogP contribution in [0.4, 0.5) is 0 Å². The maximum absolute atomic E-state index is 5.42. The van der Waals surface area contributed by atoms with Crippen LogP contribution >= 0.6 is 11.8 Å². The molecular formula is C19H21N3OS. The monoisotopic (exact) mass is 339 g/mol. The summed E-state index contributed by atoms with van der Waals surface area (Å²) in [5.74, 6) is 2.67. The number of hydrogen-bond donors (Lipinski definition) is 0. The number of benzene rings is 2. The summed E-state index contributed by atoms with van der Waals surface area (Å²) in [5, 5.41) is 9.61. The van der Waals surface area contributed by atoms with E-state index in [9.17, 15) is 0 Å². The molecule has 0 aliphatic rings. The zero-order valence-corrected chi connectivity index (χ0v) is 14.8. The normalized spacial score (nSPS) is 10.8. The third-order valence-corrected chi connectivity index (χ3v) is 4.97. The van der Waals surface area contributed by atoms with Crippen molar-refractivity contribution >= 4 is 11.8 Å². The Hall–Kier alpha value is -2.27. The third-order valence-electron chi connectivity index (χ3n) is 3.87. The molecule has 124 valence electrons. The largest absolute Gasteiger partial charge is 0.496 e. The van der Waals surface area contributed by atoms with Gasteiger partial charge in [0.2, 0.25) is 0 Å². The Morgan fingerprint density at radius 2 is 1.75 bits per heavy atom. The van der Waals surface area contributed by atoms with Crippen LogP contribution in [0.15, 0.2) is 59.8 Å². The van der Waals surface area contributed by atoms with Gasteiger partial charge in [0.05, 0.1) is 12.7 Å². The first-order valence-corrected chi connectivity index (χ1v) is 8.97. The Labute approximate surface area is 146 Å². The quantitative estimate of drug-likeness (QED) is 0.477. The summed E-state index contributed by atoms with van der Waals surface area (Å²) in [6.07, 6.45) is 2.20. The topological polar surface area (TPSA) is 39.9 Å². The van der Waals surface area contributed by atoms with E-state index in [4.69, 9.17) is 4.74 Å². The van der Waals surface area contributed by atoms with E-state index in [1.807, 2.05) is 35.9 Å². The Kier molecular flexibility index (Phi) is 5.54. The average Bonchev–Trinajstić information content (AvgIpc) is 3.00. The number of thioether (sulfide) groups is 1. The number of aryl methyl sites for hydroxylation is 1. The third kappa shape index (κ3) is 3.79. The van der Waals surface area contributed by atoms with Crippen LogP contribution in [0.1, 0.15) is 12.0 Å². The lowest BCUT2D eigenvalue weighted by Gasteiger charge is -2.08. The molecule has 5 heteroatoms. The molecule has 1 aromatic heterocycles. The Morgan fingerprint density at radius 1 is 1.00 bits per heavy atom. The van der Waals surface area contributed by atoms with Gasteiger partial charge in [0.1, 0.15) is 5.75 Å². The van der Waals surface area contributed by atoms with Gasteiger partial charge in [-0.3, -0.25) is 0 Å². The lowest BCUT2D eigenvalue weighted by Crippen LogP contribution is -1.97. The molecule has 0 radical (unpaired) electrons. The number of ether oxygens (including phenoxy) is 1. The highest BCUT2D eigenvalue weighted by Gasteiger charge is 2.14. The van der Waals surface area contributed by atoms with Crippen molar-refractivity contribution in [2.75, 3.05) is 12.9 Å². The van der Waals surface area contributed by atoms with Gasteiger partial charge in [0.15, 0.2) is 11.0 Å². The summed E-state index contributed by atoms with van der Waals surface area (Å²) in [7, 11) is 3.68. The van der Waals surface area contributed by atoms with Crippen LogP contribution in [0.2, 0.25) is 0 Å². The average molecular weight is 339 g/mol. The van der Waals surface area contributed by atoms with Crippen molar-refractivity contribution < 1.29 is 4.74 Å². The van der Waals surface area contributed by atoms with Crippen molar-refractivity contribution in [1.29, 1.82) is 0 Å². The highest BCUT2D eigenvalue weighted by atomic mass is 32.2. The molecule has 3 rings (SSSR count). The predicted molar refractivity (Wildman–Crippen MR) is 98.5 cm³/mol. The van der Waals surface area contributed by atoms with Gasteiger partial charge >= 0.3 is 0 Å². The zero-order valence-electron chi connectivity index (χ0n) is 14.0. The van der Waals surface area contributed by atoms with Crippen molar-refractivity contribution in [3.63, 3.8) is 0 Å². The van der Waals surface area contributed by atoms with Gasteiger partial charge in [-0.1, -0.05) is 54.2 Å². The SMILES string of the molecule is COc1ccccc1-c1nnc(SCCCc2ccccc2)n1C. The highest BCUT2D eigenvalue weighted by molar-refractivity contribution is 7.99. The molecule has 2 aromatic carbocycles. The first kappa shape index (κ1) is 16.6. The van der Waals surface area contributed by atoms with Crippen LogP contribution in [0, 0.1) is 0 Å². The van der Waals surface area contributed by atoms with Crippen molar-refractivity contribution in [3.8, 4) is 17.1 Å². The summed E-state index contributed by atoms with van der Waals surface area (Å²) < 4.78 is 7.46. The standard InChI is InChI=1S/C19H21N3OS/c1-22-18(16-12-6-7-13-17(16)23-2)20-21-19(22)24-14-8-11-15-9-4-3-5-10-15/h3-7,9-10,12-13H,8,11,14H2,1-2H3. The van der Waals surface area contributed by atoms with Crippen molar-refractivity contribution in [2.24, 2.45) is 7.05 Å². The number of para-hydroxylation sites is 1. The molecule has 3 aromatic rings. The van der Waals surface area contributed by atoms with Gasteiger partial charge in [-0.2, -0.15) is 0 Å². The molecule has 0 amide bonds. The number of nitrogens with zero attached hydrogens (tertiary/aromatic N) is 3. The molecule has 0 saturated heterocycles. The summed E-state index contributed by atoms with van der Waals surface area (Å²) in [4.78, 5) is 0. The molecule has 0 N–H and O–H groups in total. The van der Waals surface area contributed by atoms with Gasteiger partial charge in [0.25, 0.3) is 0 Å². The molecule has 0 aliphatic carbocycles. The molecule has 0 atom stereocenters. The number of aromatic nitrogens is 3. The molecule has 0 fully saturated rings. The van der Waals surface area contributed by atoms with Gasteiger partial charge in [-0.25, -0.2) is 0 Å². The number of hydrogen-bond acceptors (Lipinski definition) is 4. The fourth-order valence-corrected chi connectivity index (χ4v) is 3.44. The summed E-state index contributed by atoms with van der Waals surface area (Å²) in [5.41, 5.74) is 2.34. The summed E-state index contributed by atoms with van der Waals surface area (Å²) >= 11 is 1.74. The lowest BCUT2D eigenvalue weighted by molar-refractivity contribution is 0.416. The van der Waals surface area contributed by atoms with E-state index in [1.165, 1.54) is 5.56 Å². The van der Waals surface area contributed by atoms with Crippen LogP contribution < -0.4 is 4.74 Å². The molecule has 1 heterocycles. The predicted octanol–water partition coefficient (Wildman–Crippen LogP) is 4.22. The second-order valence-corrected chi connectivity index (χ2v) is 6.57. The molecule has 0 aliphatic heterocycles. The first-order chi connectivity index (χ1) is 11.8. The van der Waals surface area contributed by atoms with Gasteiger partial charge < -0.3 is 9.30 Å². The van der Waals surface area contributed by atoms with E-state index in [2.05, 4.69) is 40.5 Å². The van der Waals surface area contributed by atoms with Crippen molar-refractivity contribution in [2.45, 2.75) is 18.0 Å². The van der Waals surface area contributed by atoms with Crippen molar-refractivity contribution in [1.82, 2.24) is 14.8 Å². The smallest absolute Gasteiger partial charge is 0.191 e. The number of rotatable bonds is 7. The zero-order chi connectivity index (χ0) is 16.8. The van der Waals surface area contributed by atoms with Crippen LogP contribution in [-0.4, -0.2) is 27.6 Å². The van der Waals surface area contributed by atoms with Crippen LogP contribution in [0.25, 0.3) is 11.4 Å². The van der Waals surface area contributed by atoms with Crippen LogP contribution in [-0.2, 0) is 13.5 Å². The molecule has 0 unspecified atom stereocenters. The second kappa shape index (κ2) is 8.02. The molecular weight excluding hydrogens is 318 g/mol. The molecule has 0 saturated carbocycles. The molecule has 24 heavy (non-hydrogen) atoms. The maximum Gasteiger partial charge on any atom is 0.191 e. The van der Waals surface area contributed by atoms with Gasteiger partial charge in [-0.05, 0) is 30.5 Å². The Morgan fingerprint density at radius 3 is 2.54 bits per heavy atom. The van der Waals surface area contributed by atoms with E-state index >= 15 is 0 Å². The van der Waals surface area contributed by atoms with Gasteiger partial charge in [0, 0.05) is 12.8 Å². The lowest BCUT2D eigenvalue weighted by atomic mass is 10.1. The van der Waals surface area contributed by atoms with E-state index in [0.717, 1.165) is 40.9 Å². The van der Waals surface area contributed by atoms with E-state index < -0.39 is 0 Å².